The second-order valence-corrected chi connectivity index (χ2v) is 8.28. The van der Waals surface area contributed by atoms with E-state index in [1.165, 1.54) is 25.3 Å². The summed E-state index contributed by atoms with van der Waals surface area (Å²) in [6.45, 7) is 0. The molecule has 2 N–H and O–H groups in total. The summed E-state index contributed by atoms with van der Waals surface area (Å²) in [6.07, 6.45) is 3.73. The molecule has 0 spiro atoms. The van der Waals surface area contributed by atoms with Crippen molar-refractivity contribution in [3.63, 3.8) is 0 Å². The van der Waals surface area contributed by atoms with Gasteiger partial charge in [-0.2, -0.15) is 0 Å². The predicted molar refractivity (Wildman–Crippen MR) is 130 cm³/mol. The lowest BCUT2D eigenvalue weighted by Crippen LogP contribution is -2.42. The lowest BCUT2D eigenvalue weighted by atomic mass is 9.66. The van der Waals surface area contributed by atoms with E-state index in [1.54, 1.807) is 0 Å². The third kappa shape index (κ3) is 4.91. The van der Waals surface area contributed by atoms with Gasteiger partial charge in [-0.1, -0.05) is 72.8 Å². The van der Waals surface area contributed by atoms with Crippen molar-refractivity contribution in [2.45, 2.75) is 11.8 Å². The molecule has 4 atom stereocenters. The lowest BCUT2D eigenvalue weighted by Gasteiger charge is -2.37. The Hall–Kier alpha value is -4.46. The highest BCUT2D eigenvalue weighted by Crippen LogP contribution is 2.45. The summed E-state index contributed by atoms with van der Waals surface area (Å²) in [5, 5.41) is 24.3. The van der Waals surface area contributed by atoms with Gasteiger partial charge in [-0.3, -0.25) is 19.7 Å². The van der Waals surface area contributed by atoms with Gasteiger partial charge in [-0.05, 0) is 17.2 Å². The minimum atomic E-state index is -1.10. The number of carboxylic acids is 1. The molecule has 3 aromatic carbocycles. The van der Waals surface area contributed by atoms with Crippen molar-refractivity contribution >= 4 is 23.3 Å². The number of nitro benzene ring substituents is 1. The van der Waals surface area contributed by atoms with Crippen LogP contribution in [-0.4, -0.2) is 29.0 Å². The van der Waals surface area contributed by atoms with Crippen LogP contribution in [0.2, 0.25) is 0 Å². The number of benzene rings is 3. The van der Waals surface area contributed by atoms with Crippen molar-refractivity contribution in [2.24, 2.45) is 11.8 Å². The quantitative estimate of drug-likeness (QED) is 0.284. The largest absolute Gasteiger partial charge is 0.495 e. The average molecular weight is 472 g/mol. The van der Waals surface area contributed by atoms with E-state index in [2.05, 4.69) is 5.32 Å². The van der Waals surface area contributed by atoms with Gasteiger partial charge in [0.2, 0.25) is 5.91 Å². The Morgan fingerprint density at radius 3 is 1.91 bits per heavy atom. The minimum absolute atomic E-state index is 0.105. The molecule has 0 heterocycles. The Bertz CT molecular complexity index is 1260. The molecule has 0 aromatic heterocycles. The molecule has 4 rings (SSSR count). The average Bonchev–Trinajstić information content (AvgIpc) is 2.88. The maximum atomic E-state index is 13.8. The summed E-state index contributed by atoms with van der Waals surface area (Å²) < 4.78 is 5.28. The zero-order valence-corrected chi connectivity index (χ0v) is 18.9. The molecule has 1 aliphatic rings. The number of hydrogen-bond acceptors (Lipinski definition) is 5. The standard InChI is InChI=1S/C27H24N2O6/c1-35-23-15-12-19(29(33)34)16-22(23)28-26(30)24-20(17-8-4-2-5-9-17)13-14-21(25(24)27(31)32)18-10-6-3-7-11-18/h2-16,20-21,24-25H,1H3,(H,28,30)(H,31,32)/t20-,21-,24+,25-/m0/s1. The maximum absolute atomic E-state index is 13.8. The number of non-ortho nitro benzene ring substituents is 1. The number of nitrogens with one attached hydrogen (secondary N) is 1. The third-order valence-electron chi connectivity index (χ3n) is 6.30. The smallest absolute Gasteiger partial charge is 0.308 e. The number of carbonyl (C=O) groups is 2. The van der Waals surface area contributed by atoms with Crippen LogP contribution in [0, 0.1) is 22.0 Å². The van der Waals surface area contributed by atoms with E-state index in [0.29, 0.717) is 0 Å². The Kier molecular flexibility index (Phi) is 6.91. The minimum Gasteiger partial charge on any atom is -0.495 e. The fourth-order valence-corrected chi connectivity index (χ4v) is 4.67. The normalized spacial score (nSPS) is 21.2. The molecule has 0 radical (unpaired) electrons. The molecule has 0 saturated heterocycles. The van der Waals surface area contributed by atoms with Crippen LogP contribution in [0.15, 0.2) is 91.0 Å². The summed E-state index contributed by atoms with van der Waals surface area (Å²) in [5.41, 5.74) is 1.47. The number of rotatable bonds is 7. The fraction of sp³-hybridized carbons (Fsp3) is 0.185. The molecule has 8 nitrogen and oxygen atoms in total. The van der Waals surface area contributed by atoms with E-state index in [1.807, 2.05) is 72.8 Å². The van der Waals surface area contributed by atoms with Crippen LogP contribution in [0.1, 0.15) is 23.0 Å². The van der Waals surface area contributed by atoms with Crippen LogP contribution in [0.4, 0.5) is 11.4 Å². The first-order valence-electron chi connectivity index (χ1n) is 11.0. The van der Waals surface area contributed by atoms with E-state index >= 15 is 0 Å². The van der Waals surface area contributed by atoms with Crippen molar-refractivity contribution in [3.05, 3.63) is 112 Å². The topological polar surface area (TPSA) is 119 Å². The Balaban J connectivity index is 1.79. The first-order valence-corrected chi connectivity index (χ1v) is 11.0. The first-order chi connectivity index (χ1) is 16.9. The van der Waals surface area contributed by atoms with Gasteiger partial charge in [0.05, 0.1) is 29.6 Å². The van der Waals surface area contributed by atoms with E-state index in [4.69, 9.17) is 4.74 Å². The van der Waals surface area contributed by atoms with Crippen molar-refractivity contribution in [1.82, 2.24) is 0 Å². The maximum Gasteiger partial charge on any atom is 0.308 e. The van der Waals surface area contributed by atoms with Crippen molar-refractivity contribution in [3.8, 4) is 5.75 Å². The predicted octanol–water partition coefficient (Wildman–Crippen LogP) is 5.00. The van der Waals surface area contributed by atoms with Crippen molar-refractivity contribution < 1.29 is 24.4 Å². The Morgan fingerprint density at radius 1 is 0.886 bits per heavy atom. The molecule has 35 heavy (non-hydrogen) atoms. The molecule has 178 valence electrons. The molecule has 0 bridgehead atoms. The number of ether oxygens (including phenoxy) is 1. The number of nitrogens with zero attached hydrogens (tertiary/aromatic N) is 1. The molecule has 0 saturated carbocycles. The van der Waals surface area contributed by atoms with Gasteiger partial charge in [0.1, 0.15) is 5.75 Å². The van der Waals surface area contributed by atoms with Gasteiger partial charge in [-0.15, -0.1) is 0 Å². The second kappa shape index (κ2) is 10.2. The van der Waals surface area contributed by atoms with Gasteiger partial charge in [0.25, 0.3) is 5.69 Å². The van der Waals surface area contributed by atoms with Crippen LogP contribution in [-0.2, 0) is 9.59 Å². The van der Waals surface area contributed by atoms with Gasteiger partial charge >= 0.3 is 5.97 Å². The van der Waals surface area contributed by atoms with Crippen LogP contribution in [0.5, 0.6) is 5.75 Å². The van der Waals surface area contributed by atoms with E-state index in [0.717, 1.165) is 11.1 Å². The Labute approximate surface area is 202 Å². The third-order valence-corrected chi connectivity index (χ3v) is 6.30. The molecular formula is C27H24N2O6. The molecule has 0 aliphatic heterocycles. The number of methoxy groups -OCH3 is 1. The van der Waals surface area contributed by atoms with Gasteiger partial charge < -0.3 is 15.2 Å². The van der Waals surface area contributed by atoms with E-state index in [9.17, 15) is 24.8 Å². The number of nitro groups is 1. The molecule has 8 heteroatoms. The summed E-state index contributed by atoms with van der Waals surface area (Å²) >= 11 is 0. The van der Waals surface area contributed by atoms with Crippen LogP contribution in [0.3, 0.4) is 0 Å². The summed E-state index contributed by atoms with van der Waals surface area (Å²) in [6, 6.07) is 22.3. The highest BCUT2D eigenvalue weighted by atomic mass is 16.6. The number of anilines is 1. The summed E-state index contributed by atoms with van der Waals surface area (Å²) in [7, 11) is 1.39. The highest BCUT2D eigenvalue weighted by Gasteiger charge is 2.46. The van der Waals surface area contributed by atoms with Crippen LogP contribution in [0.25, 0.3) is 0 Å². The molecule has 3 aromatic rings. The zero-order chi connectivity index (χ0) is 24.9. The van der Waals surface area contributed by atoms with E-state index < -0.39 is 40.5 Å². The summed E-state index contributed by atoms with van der Waals surface area (Å²) in [5.74, 6) is -4.53. The zero-order valence-electron chi connectivity index (χ0n) is 18.9. The first kappa shape index (κ1) is 23.7. The molecule has 1 aliphatic carbocycles. The van der Waals surface area contributed by atoms with E-state index in [-0.39, 0.29) is 17.1 Å². The molecular weight excluding hydrogens is 448 g/mol. The lowest BCUT2D eigenvalue weighted by molar-refractivity contribution is -0.384. The van der Waals surface area contributed by atoms with Crippen LogP contribution < -0.4 is 10.1 Å². The summed E-state index contributed by atoms with van der Waals surface area (Å²) in [4.78, 5) is 37.1. The number of aliphatic carboxylic acids is 1. The molecule has 0 fully saturated rings. The molecule has 1 amide bonds. The number of allylic oxidation sites excluding steroid dienone is 2. The number of carbonyl (C=O) groups excluding carboxylic acids is 1. The fourth-order valence-electron chi connectivity index (χ4n) is 4.67. The number of carboxylic acid groups (broad SMARTS) is 1. The highest BCUT2D eigenvalue weighted by molar-refractivity contribution is 5.98. The van der Waals surface area contributed by atoms with Crippen molar-refractivity contribution in [2.75, 3.05) is 12.4 Å². The van der Waals surface area contributed by atoms with Gasteiger partial charge in [0, 0.05) is 24.0 Å². The van der Waals surface area contributed by atoms with Gasteiger partial charge in [0.15, 0.2) is 0 Å². The SMILES string of the molecule is COc1ccc([N+](=O)[O-])cc1NC(=O)[C@H]1[C@@H](C(=O)O)[C@H](c2ccccc2)C=C[C@H]1c1ccccc1. The molecule has 0 unspecified atom stereocenters. The Morgan fingerprint density at radius 2 is 1.43 bits per heavy atom. The monoisotopic (exact) mass is 472 g/mol. The second-order valence-electron chi connectivity index (χ2n) is 8.28. The number of amides is 1. The van der Waals surface area contributed by atoms with Gasteiger partial charge in [-0.25, -0.2) is 0 Å². The van der Waals surface area contributed by atoms with Crippen molar-refractivity contribution in [1.29, 1.82) is 0 Å². The van der Waals surface area contributed by atoms with Crippen LogP contribution >= 0.6 is 0 Å². The number of hydrogen-bond donors (Lipinski definition) is 2.